The highest BCUT2D eigenvalue weighted by Gasteiger charge is 2.29. The van der Waals surface area contributed by atoms with Gasteiger partial charge in [-0.3, -0.25) is 9.59 Å². The van der Waals surface area contributed by atoms with Crippen LogP contribution in [-0.2, 0) is 11.2 Å². The van der Waals surface area contributed by atoms with Crippen LogP contribution in [0.1, 0.15) is 40.9 Å². The predicted molar refractivity (Wildman–Crippen MR) is 72.4 cm³/mol. The number of piperidine rings is 1. The zero-order valence-corrected chi connectivity index (χ0v) is 11.8. The van der Waals surface area contributed by atoms with Crippen LogP contribution in [0, 0.1) is 5.92 Å². The highest BCUT2D eigenvalue weighted by Crippen LogP contribution is 2.22. The number of hydrogen-bond acceptors (Lipinski definition) is 4. The van der Waals surface area contributed by atoms with E-state index in [-0.39, 0.29) is 5.91 Å². The smallest absolute Gasteiger partial charge is 0.308 e. The van der Waals surface area contributed by atoms with Gasteiger partial charge in [-0.15, -0.1) is 11.3 Å². The van der Waals surface area contributed by atoms with Gasteiger partial charge < -0.3 is 10.0 Å². The van der Waals surface area contributed by atoms with Crippen molar-refractivity contribution in [1.82, 2.24) is 9.88 Å². The predicted octanol–water partition coefficient (Wildman–Crippen LogP) is 2.03. The third-order valence-electron chi connectivity index (χ3n) is 3.29. The summed E-state index contributed by atoms with van der Waals surface area (Å²) in [6.45, 7) is 3.03. The summed E-state index contributed by atoms with van der Waals surface area (Å²) < 4.78 is 0. The second-order valence-electron chi connectivity index (χ2n) is 4.80. The Balaban J connectivity index is 2.03. The zero-order chi connectivity index (χ0) is 13.8. The summed E-state index contributed by atoms with van der Waals surface area (Å²) in [6.07, 6.45) is 4.91. The Kier molecular flexibility index (Phi) is 4.52. The molecule has 104 valence electrons. The summed E-state index contributed by atoms with van der Waals surface area (Å²) in [5.41, 5.74) is 0. The second-order valence-corrected chi connectivity index (χ2v) is 5.91. The van der Waals surface area contributed by atoms with E-state index in [9.17, 15) is 9.59 Å². The quantitative estimate of drug-likeness (QED) is 0.917. The molecule has 1 amide bonds. The average molecular weight is 282 g/mol. The number of hydrogen-bond donors (Lipinski definition) is 1. The minimum atomic E-state index is -0.812. The summed E-state index contributed by atoms with van der Waals surface area (Å²) >= 11 is 1.42. The molecule has 1 aromatic rings. The number of nitrogens with zero attached hydrogens (tertiary/aromatic N) is 2. The van der Waals surface area contributed by atoms with Gasteiger partial charge >= 0.3 is 5.97 Å². The number of thiazole rings is 1. The molecule has 1 aromatic heterocycles. The Morgan fingerprint density at radius 2 is 2.37 bits per heavy atom. The van der Waals surface area contributed by atoms with E-state index in [0.717, 1.165) is 24.3 Å². The molecule has 0 spiro atoms. The first-order chi connectivity index (χ1) is 9.11. The van der Waals surface area contributed by atoms with Crippen LogP contribution in [0.5, 0.6) is 0 Å². The van der Waals surface area contributed by atoms with Crippen LogP contribution in [0.3, 0.4) is 0 Å². The Morgan fingerprint density at radius 1 is 1.58 bits per heavy atom. The number of likely N-dealkylation sites (tertiary alicyclic amines) is 1. The van der Waals surface area contributed by atoms with E-state index < -0.39 is 11.9 Å². The molecule has 1 fully saturated rings. The molecule has 0 bridgehead atoms. The summed E-state index contributed by atoms with van der Waals surface area (Å²) in [5, 5.41) is 10.0. The molecule has 2 rings (SSSR count). The zero-order valence-electron chi connectivity index (χ0n) is 11.0. The van der Waals surface area contributed by atoms with E-state index in [1.807, 2.05) is 0 Å². The van der Waals surface area contributed by atoms with Crippen LogP contribution in [0.2, 0.25) is 0 Å². The lowest BCUT2D eigenvalue weighted by atomic mass is 9.98. The van der Waals surface area contributed by atoms with Gasteiger partial charge in [-0.05, 0) is 25.7 Å². The molecule has 0 radical (unpaired) electrons. The van der Waals surface area contributed by atoms with Gasteiger partial charge in [0.1, 0.15) is 4.88 Å². The molecule has 0 unspecified atom stereocenters. The van der Waals surface area contributed by atoms with E-state index in [1.54, 1.807) is 11.1 Å². The molecule has 1 aliphatic rings. The fourth-order valence-electron chi connectivity index (χ4n) is 2.26. The molecular formula is C13H18N2O3S. The maximum absolute atomic E-state index is 12.3. The molecule has 2 heterocycles. The number of aryl methyl sites for hydroxylation is 1. The molecule has 0 aromatic carbocycles. The molecule has 1 saturated heterocycles. The van der Waals surface area contributed by atoms with Gasteiger partial charge in [-0.1, -0.05) is 6.92 Å². The van der Waals surface area contributed by atoms with Crippen molar-refractivity contribution in [2.75, 3.05) is 13.1 Å². The molecule has 5 nitrogen and oxygen atoms in total. The average Bonchev–Trinajstić information content (AvgIpc) is 2.87. The second kappa shape index (κ2) is 6.14. The standard InChI is InChI=1S/C13H18N2O3S/c1-2-4-11-14-7-10(19-11)12(16)15-6-3-5-9(8-15)13(17)18/h7,9H,2-6,8H2,1H3,(H,17,18)/t9-/m1/s1. The van der Waals surface area contributed by atoms with Gasteiger partial charge in [-0.25, -0.2) is 4.98 Å². The maximum Gasteiger partial charge on any atom is 0.308 e. The van der Waals surface area contributed by atoms with Gasteiger partial charge in [0.15, 0.2) is 0 Å². The number of carbonyl (C=O) groups is 2. The highest BCUT2D eigenvalue weighted by molar-refractivity contribution is 7.13. The van der Waals surface area contributed by atoms with Gasteiger partial charge in [0.2, 0.25) is 0 Å². The van der Waals surface area contributed by atoms with Gasteiger partial charge in [0.25, 0.3) is 5.91 Å². The van der Waals surface area contributed by atoms with E-state index in [0.29, 0.717) is 24.4 Å². The van der Waals surface area contributed by atoms with Gasteiger partial charge in [0, 0.05) is 13.1 Å². The van der Waals surface area contributed by atoms with Crippen molar-refractivity contribution in [3.05, 3.63) is 16.1 Å². The maximum atomic E-state index is 12.3. The van der Waals surface area contributed by atoms with Crippen molar-refractivity contribution >= 4 is 23.2 Å². The van der Waals surface area contributed by atoms with Crippen molar-refractivity contribution in [2.45, 2.75) is 32.6 Å². The van der Waals surface area contributed by atoms with Gasteiger partial charge in [-0.2, -0.15) is 0 Å². The van der Waals surface area contributed by atoms with Crippen LogP contribution in [0.4, 0.5) is 0 Å². The number of carbonyl (C=O) groups excluding carboxylic acids is 1. The van der Waals surface area contributed by atoms with E-state index in [1.165, 1.54) is 11.3 Å². The summed E-state index contributed by atoms with van der Waals surface area (Å²) in [6, 6.07) is 0. The van der Waals surface area contributed by atoms with Crippen molar-refractivity contribution in [2.24, 2.45) is 5.92 Å². The Morgan fingerprint density at radius 3 is 3.05 bits per heavy atom. The van der Waals surface area contributed by atoms with Crippen molar-refractivity contribution in [3.8, 4) is 0 Å². The van der Waals surface area contributed by atoms with E-state index >= 15 is 0 Å². The minimum Gasteiger partial charge on any atom is -0.481 e. The third-order valence-corrected chi connectivity index (χ3v) is 4.33. The topological polar surface area (TPSA) is 70.5 Å². The van der Waals surface area contributed by atoms with Crippen LogP contribution < -0.4 is 0 Å². The Bertz CT molecular complexity index is 472. The fourth-order valence-corrected chi connectivity index (χ4v) is 3.24. The van der Waals surface area contributed by atoms with Crippen molar-refractivity contribution in [1.29, 1.82) is 0 Å². The summed E-state index contributed by atoms with van der Waals surface area (Å²) in [7, 11) is 0. The van der Waals surface area contributed by atoms with Crippen molar-refractivity contribution in [3.63, 3.8) is 0 Å². The lowest BCUT2D eigenvalue weighted by Gasteiger charge is -2.30. The number of aromatic nitrogens is 1. The normalized spacial score (nSPS) is 19.4. The Labute approximate surface area is 116 Å². The van der Waals surface area contributed by atoms with Crippen LogP contribution in [0.25, 0.3) is 0 Å². The molecular weight excluding hydrogens is 264 g/mol. The Hall–Kier alpha value is -1.43. The van der Waals surface area contributed by atoms with E-state index in [2.05, 4.69) is 11.9 Å². The summed E-state index contributed by atoms with van der Waals surface area (Å²) in [4.78, 5) is 29.8. The first-order valence-electron chi connectivity index (χ1n) is 6.58. The fraction of sp³-hybridized carbons (Fsp3) is 0.615. The van der Waals surface area contributed by atoms with Crippen LogP contribution in [-0.4, -0.2) is 40.0 Å². The monoisotopic (exact) mass is 282 g/mol. The lowest BCUT2D eigenvalue weighted by Crippen LogP contribution is -2.42. The lowest BCUT2D eigenvalue weighted by molar-refractivity contribution is -0.143. The largest absolute Gasteiger partial charge is 0.481 e. The first kappa shape index (κ1) is 14.0. The summed E-state index contributed by atoms with van der Waals surface area (Å²) in [5.74, 6) is -1.32. The molecule has 19 heavy (non-hydrogen) atoms. The molecule has 1 N–H and O–H groups in total. The number of carboxylic acids is 1. The van der Waals surface area contributed by atoms with Crippen LogP contribution >= 0.6 is 11.3 Å². The molecule has 1 atom stereocenters. The SMILES string of the molecule is CCCc1ncc(C(=O)N2CCC[C@@H](C(=O)O)C2)s1. The minimum absolute atomic E-state index is 0.0780. The van der Waals surface area contributed by atoms with Crippen molar-refractivity contribution < 1.29 is 14.7 Å². The first-order valence-corrected chi connectivity index (χ1v) is 7.40. The third kappa shape index (κ3) is 3.32. The number of amides is 1. The molecule has 1 aliphatic heterocycles. The number of rotatable bonds is 4. The molecule has 0 saturated carbocycles. The van der Waals surface area contributed by atoms with Gasteiger partial charge in [0.05, 0.1) is 17.1 Å². The van der Waals surface area contributed by atoms with Crippen LogP contribution in [0.15, 0.2) is 6.20 Å². The number of carboxylic acid groups (broad SMARTS) is 1. The number of aliphatic carboxylic acids is 1. The van der Waals surface area contributed by atoms with E-state index in [4.69, 9.17) is 5.11 Å². The molecule has 0 aliphatic carbocycles. The molecule has 6 heteroatoms. The highest BCUT2D eigenvalue weighted by atomic mass is 32.1.